The topological polar surface area (TPSA) is 76.2 Å². The Bertz CT molecular complexity index is 745. The molecule has 1 aliphatic rings. The Morgan fingerprint density at radius 1 is 1.46 bits per heavy atom. The summed E-state index contributed by atoms with van der Waals surface area (Å²) in [6.45, 7) is 11.1. The van der Waals surface area contributed by atoms with Gasteiger partial charge in [0, 0.05) is 39.1 Å². The van der Waals surface area contributed by atoms with Crippen LogP contribution in [0.1, 0.15) is 31.0 Å². The van der Waals surface area contributed by atoms with Crippen LogP contribution in [0.5, 0.6) is 0 Å². The molecule has 1 fully saturated rings. The standard InChI is InChI=1S/C18H28N8/c1-5-7-20-18(21-11-17-23-22-15(3)24(17)4)25-9-6-14(2)16(12-25)26-10-8-19-13-26/h5,8,10,13-14,16H,1,6-7,9,11-12H2,2-4H3,(H,20,21). The summed E-state index contributed by atoms with van der Waals surface area (Å²) in [5.41, 5.74) is 0. The van der Waals surface area contributed by atoms with Gasteiger partial charge in [0.25, 0.3) is 0 Å². The number of hydrogen-bond acceptors (Lipinski definition) is 4. The van der Waals surface area contributed by atoms with Crippen LogP contribution in [-0.2, 0) is 13.6 Å². The number of guanidine groups is 1. The molecule has 0 amide bonds. The second kappa shape index (κ2) is 8.16. The molecule has 1 aliphatic heterocycles. The minimum absolute atomic E-state index is 0.388. The molecule has 0 aromatic carbocycles. The fraction of sp³-hybridized carbons (Fsp3) is 0.556. The summed E-state index contributed by atoms with van der Waals surface area (Å²) >= 11 is 0. The highest BCUT2D eigenvalue weighted by molar-refractivity contribution is 5.80. The minimum atomic E-state index is 0.388. The van der Waals surface area contributed by atoms with Gasteiger partial charge in [-0.05, 0) is 19.3 Å². The number of aromatic nitrogens is 5. The lowest BCUT2D eigenvalue weighted by atomic mass is 9.93. The van der Waals surface area contributed by atoms with Gasteiger partial charge in [-0.1, -0.05) is 13.0 Å². The number of nitrogens with zero attached hydrogens (tertiary/aromatic N) is 7. The van der Waals surface area contributed by atoms with E-state index < -0.39 is 0 Å². The summed E-state index contributed by atoms with van der Waals surface area (Å²) in [5, 5.41) is 11.7. The zero-order chi connectivity index (χ0) is 18.5. The Hall–Kier alpha value is -2.64. The molecule has 0 radical (unpaired) electrons. The lowest BCUT2D eigenvalue weighted by Crippen LogP contribution is -2.49. The normalized spacial score (nSPS) is 21.0. The van der Waals surface area contributed by atoms with Crippen molar-refractivity contribution in [2.45, 2.75) is 32.9 Å². The van der Waals surface area contributed by atoms with Crippen molar-refractivity contribution < 1.29 is 0 Å². The van der Waals surface area contributed by atoms with Crippen molar-refractivity contribution in [3.05, 3.63) is 43.0 Å². The average Bonchev–Trinajstić information content (AvgIpc) is 3.28. The zero-order valence-electron chi connectivity index (χ0n) is 15.8. The second-order valence-corrected chi connectivity index (χ2v) is 6.82. The van der Waals surface area contributed by atoms with Gasteiger partial charge < -0.3 is 19.4 Å². The maximum Gasteiger partial charge on any atom is 0.194 e. The van der Waals surface area contributed by atoms with E-state index >= 15 is 0 Å². The van der Waals surface area contributed by atoms with Gasteiger partial charge in [0.15, 0.2) is 11.8 Å². The number of hydrogen-bond donors (Lipinski definition) is 1. The maximum atomic E-state index is 4.81. The van der Waals surface area contributed by atoms with E-state index in [1.54, 1.807) is 0 Å². The van der Waals surface area contributed by atoms with E-state index in [1.807, 2.05) is 43.3 Å². The Kier molecular flexibility index (Phi) is 5.70. The van der Waals surface area contributed by atoms with Crippen LogP contribution in [0.4, 0.5) is 0 Å². The third kappa shape index (κ3) is 3.95. The number of aliphatic imine (C=N–C) groups is 1. The summed E-state index contributed by atoms with van der Waals surface area (Å²) in [6, 6.07) is 0.388. The molecule has 0 bridgehead atoms. The van der Waals surface area contributed by atoms with Crippen LogP contribution in [0.15, 0.2) is 36.4 Å². The van der Waals surface area contributed by atoms with Crippen LogP contribution in [0.2, 0.25) is 0 Å². The number of aryl methyl sites for hydroxylation is 1. The molecule has 2 aromatic heterocycles. The Labute approximate surface area is 154 Å². The van der Waals surface area contributed by atoms with Crippen molar-refractivity contribution in [3.8, 4) is 0 Å². The van der Waals surface area contributed by atoms with E-state index in [-0.39, 0.29) is 0 Å². The summed E-state index contributed by atoms with van der Waals surface area (Å²) in [5.74, 6) is 3.24. The summed E-state index contributed by atoms with van der Waals surface area (Å²) < 4.78 is 4.18. The quantitative estimate of drug-likeness (QED) is 0.500. The molecule has 3 rings (SSSR count). The first kappa shape index (κ1) is 18.2. The molecular weight excluding hydrogens is 328 g/mol. The van der Waals surface area contributed by atoms with Gasteiger partial charge in [-0.3, -0.25) is 0 Å². The molecule has 0 spiro atoms. The molecule has 2 atom stereocenters. The minimum Gasteiger partial charge on any atom is -0.353 e. The van der Waals surface area contributed by atoms with Gasteiger partial charge >= 0.3 is 0 Å². The van der Waals surface area contributed by atoms with Crippen molar-refractivity contribution in [3.63, 3.8) is 0 Å². The fourth-order valence-electron chi connectivity index (χ4n) is 3.26. The highest BCUT2D eigenvalue weighted by Gasteiger charge is 2.29. The van der Waals surface area contributed by atoms with Gasteiger partial charge in [-0.15, -0.1) is 16.8 Å². The molecule has 8 heteroatoms. The molecule has 0 saturated carbocycles. The highest BCUT2D eigenvalue weighted by atomic mass is 15.3. The zero-order valence-corrected chi connectivity index (χ0v) is 15.8. The average molecular weight is 356 g/mol. The summed E-state index contributed by atoms with van der Waals surface area (Å²) in [4.78, 5) is 11.3. The third-order valence-electron chi connectivity index (χ3n) is 5.08. The fourth-order valence-corrected chi connectivity index (χ4v) is 3.26. The number of rotatable bonds is 5. The molecule has 26 heavy (non-hydrogen) atoms. The van der Waals surface area contributed by atoms with Crippen molar-refractivity contribution in [1.29, 1.82) is 0 Å². The number of imidazole rings is 1. The molecule has 2 aromatic rings. The molecule has 3 heterocycles. The Balaban J connectivity index is 1.76. The van der Waals surface area contributed by atoms with Crippen LogP contribution in [0.3, 0.4) is 0 Å². The molecule has 1 N–H and O–H groups in total. The first-order valence-electron chi connectivity index (χ1n) is 9.06. The van der Waals surface area contributed by atoms with Crippen LogP contribution in [0.25, 0.3) is 0 Å². The van der Waals surface area contributed by atoms with Gasteiger partial charge in [-0.2, -0.15) is 0 Å². The number of nitrogens with one attached hydrogen (secondary N) is 1. The lowest BCUT2D eigenvalue weighted by molar-refractivity contribution is 0.189. The first-order valence-corrected chi connectivity index (χ1v) is 9.06. The van der Waals surface area contributed by atoms with Gasteiger partial charge in [0.05, 0.1) is 12.4 Å². The molecule has 8 nitrogen and oxygen atoms in total. The van der Waals surface area contributed by atoms with Gasteiger partial charge in [0.2, 0.25) is 0 Å². The van der Waals surface area contributed by atoms with E-state index in [1.165, 1.54) is 0 Å². The molecule has 140 valence electrons. The van der Waals surface area contributed by atoms with E-state index in [2.05, 4.69) is 43.5 Å². The van der Waals surface area contributed by atoms with Crippen molar-refractivity contribution in [2.75, 3.05) is 19.6 Å². The highest BCUT2D eigenvalue weighted by Crippen LogP contribution is 2.27. The second-order valence-electron chi connectivity index (χ2n) is 6.82. The Morgan fingerprint density at radius 2 is 2.31 bits per heavy atom. The first-order chi connectivity index (χ1) is 12.6. The maximum absolute atomic E-state index is 4.81. The van der Waals surface area contributed by atoms with Crippen LogP contribution in [-0.4, -0.2) is 54.8 Å². The van der Waals surface area contributed by atoms with E-state index in [0.717, 1.165) is 37.1 Å². The number of likely N-dealkylation sites (tertiary alicyclic amines) is 1. The third-order valence-corrected chi connectivity index (χ3v) is 5.08. The monoisotopic (exact) mass is 356 g/mol. The largest absolute Gasteiger partial charge is 0.353 e. The van der Waals surface area contributed by atoms with Crippen molar-refractivity contribution in [2.24, 2.45) is 18.0 Å². The molecule has 0 aliphatic carbocycles. The van der Waals surface area contributed by atoms with Gasteiger partial charge in [-0.25, -0.2) is 9.98 Å². The van der Waals surface area contributed by atoms with E-state index in [4.69, 9.17) is 4.99 Å². The SMILES string of the molecule is C=CCNC(=NCc1nnc(C)n1C)N1CCC(C)C(n2ccnc2)C1. The summed E-state index contributed by atoms with van der Waals surface area (Å²) in [7, 11) is 1.97. The predicted octanol–water partition coefficient (Wildman–Crippen LogP) is 1.53. The van der Waals surface area contributed by atoms with E-state index in [0.29, 0.717) is 25.0 Å². The van der Waals surface area contributed by atoms with Crippen molar-refractivity contribution >= 4 is 5.96 Å². The molecular formula is C18H28N8. The predicted molar refractivity (Wildman–Crippen MR) is 102 cm³/mol. The van der Waals surface area contributed by atoms with Crippen LogP contribution < -0.4 is 5.32 Å². The molecule has 1 saturated heterocycles. The van der Waals surface area contributed by atoms with Crippen LogP contribution in [0, 0.1) is 12.8 Å². The van der Waals surface area contributed by atoms with Crippen molar-refractivity contribution in [1.82, 2.24) is 34.5 Å². The Morgan fingerprint density at radius 3 is 2.96 bits per heavy atom. The number of piperidine rings is 1. The van der Waals surface area contributed by atoms with E-state index in [9.17, 15) is 0 Å². The smallest absolute Gasteiger partial charge is 0.194 e. The lowest BCUT2D eigenvalue weighted by Gasteiger charge is -2.39. The van der Waals surface area contributed by atoms with Gasteiger partial charge in [0.1, 0.15) is 12.4 Å². The summed E-state index contributed by atoms with van der Waals surface area (Å²) in [6.07, 6.45) is 8.75. The van der Waals surface area contributed by atoms with Crippen LogP contribution >= 0.6 is 0 Å². The molecule has 2 unspecified atom stereocenters.